The summed E-state index contributed by atoms with van der Waals surface area (Å²) in [5.74, 6) is 0.694. The fraction of sp³-hybridized carbons (Fsp3) is 0.440. The quantitative estimate of drug-likeness (QED) is 0.682. The van der Waals surface area contributed by atoms with Crippen LogP contribution in [-0.4, -0.2) is 47.8 Å². The van der Waals surface area contributed by atoms with Crippen molar-refractivity contribution >= 4 is 11.8 Å². The fourth-order valence-electron chi connectivity index (χ4n) is 4.06. The highest BCUT2D eigenvalue weighted by Gasteiger charge is 2.24. The van der Waals surface area contributed by atoms with Crippen LogP contribution in [0.5, 0.6) is 0 Å². The van der Waals surface area contributed by atoms with Crippen molar-refractivity contribution < 1.29 is 9.59 Å². The van der Waals surface area contributed by atoms with E-state index in [1.807, 2.05) is 29.2 Å². The summed E-state index contributed by atoms with van der Waals surface area (Å²) in [7, 11) is 0. The van der Waals surface area contributed by atoms with E-state index >= 15 is 0 Å². The molecule has 1 saturated heterocycles. The normalized spacial score (nSPS) is 14.6. The molecule has 0 unspecified atom stereocenters. The number of aryl methyl sites for hydroxylation is 1. The zero-order valence-corrected chi connectivity index (χ0v) is 17.4. The topological polar surface area (TPSA) is 40.6 Å². The van der Waals surface area contributed by atoms with Crippen molar-refractivity contribution in [1.82, 2.24) is 9.80 Å². The molecule has 4 nitrogen and oxygen atoms in total. The molecule has 0 saturated carbocycles. The van der Waals surface area contributed by atoms with Crippen LogP contribution in [0.3, 0.4) is 0 Å². The molecule has 0 radical (unpaired) electrons. The van der Waals surface area contributed by atoms with Gasteiger partial charge in [0.2, 0.25) is 11.8 Å². The number of nitrogens with zero attached hydrogens (tertiary/aromatic N) is 2. The summed E-state index contributed by atoms with van der Waals surface area (Å²) in [5, 5.41) is 0. The maximum absolute atomic E-state index is 12.7. The Balaban J connectivity index is 1.42. The van der Waals surface area contributed by atoms with E-state index < -0.39 is 0 Å². The second kappa shape index (κ2) is 10.8. The molecule has 2 aromatic rings. The first-order valence-corrected chi connectivity index (χ1v) is 10.7. The van der Waals surface area contributed by atoms with E-state index in [1.165, 1.54) is 11.1 Å². The van der Waals surface area contributed by atoms with E-state index in [2.05, 4.69) is 36.4 Å². The van der Waals surface area contributed by atoms with Crippen LogP contribution in [0.2, 0.25) is 0 Å². The number of amides is 2. The molecule has 0 spiro atoms. The third-order valence-electron chi connectivity index (χ3n) is 5.84. The maximum Gasteiger partial charge on any atom is 0.242 e. The molecule has 2 aromatic carbocycles. The number of likely N-dealkylation sites (tertiary alicyclic amines) is 1. The number of hydrogen-bond acceptors (Lipinski definition) is 2. The second-order valence-electron chi connectivity index (χ2n) is 8.04. The molecule has 0 atom stereocenters. The Bertz CT molecular complexity index is 768. The highest BCUT2D eigenvalue weighted by molar-refractivity contribution is 5.83. The van der Waals surface area contributed by atoms with Gasteiger partial charge in [0.05, 0.1) is 6.54 Å². The SMILES string of the molecule is CC(=O)N(CCCc1ccccc1)CC(=O)N1CCC(Cc2ccccc2)CC1. The molecular weight excluding hydrogens is 360 g/mol. The summed E-state index contributed by atoms with van der Waals surface area (Å²) >= 11 is 0. The number of piperidine rings is 1. The van der Waals surface area contributed by atoms with Gasteiger partial charge in [-0.05, 0) is 49.1 Å². The largest absolute Gasteiger partial charge is 0.341 e. The van der Waals surface area contributed by atoms with Gasteiger partial charge in [0, 0.05) is 26.6 Å². The molecule has 4 heteroatoms. The van der Waals surface area contributed by atoms with Crippen molar-refractivity contribution in [2.45, 2.75) is 39.0 Å². The van der Waals surface area contributed by atoms with E-state index in [9.17, 15) is 9.59 Å². The molecule has 0 N–H and O–H groups in total. The van der Waals surface area contributed by atoms with Gasteiger partial charge < -0.3 is 9.80 Å². The highest BCUT2D eigenvalue weighted by Crippen LogP contribution is 2.22. The van der Waals surface area contributed by atoms with Crippen LogP contribution in [0, 0.1) is 5.92 Å². The Kier molecular flexibility index (Phi) is 7.85. The van der Waals surface area contributed by atoms with Crippen LogP contribution >= 0.6 is 0 Å². The van der Waals surface area contributed by atoms with Crippen molar-refractivity contribution in [3.63, 3.8) is 0 Å². The summed E-state index contributed by atoms with van der Waals surface area (Å²) in [6.45, 7) is 3.98. The number of carbonyl (C=O) groups excluding carboxylic acids is 2. The molecule has 1 heterocycles. The Labute approximate surface area is 174 Å². The molecule has 0 aliphatic carbocycles. The van der Waals surface area contributed by atoms with E-state index in [0.29, 0.717) is 12.5 Å². The van der Waals surface area contributed by atoms with Gasteiger partial charge in [-0.3, -0.25) is 9.59 Å². The van der Waals surface area contributed by atoms with Crippen molar-refractivity contribution in [3.05, 3.63) is 71.8 Å². The average Bonchev–Trinajstić information content (AvgIpc) is 2.75. The third-order valence-corrected chi connectivity index (χ3v) is 5.84. The minimum absolute atomic E-state index is 0.0228. The van der Waals surface area contributed by atoms with Crippen molar-refractivity contribution in [1.29, 1.82) is 0 Å². The summed E-state index contributed by atoms with van der Waals surface area (Å²) < 4.78 is 0. The van der Waals surface area contributed by atoms with Gasteiger partial charge in [-0.1, -0.05) is 60.7 Å². The van der Waals surface area contributed by atoms with Crippen LogP contribution in [0.15, 0.2) is 60.7 Å². The minimum atomic E-state index is -0.0228. The molecule has 0 bridgehead atoms. The van der Waals surface area contributed by atoms with Crippen LogP contribution in [-0.2, 0) is 22.4 Å². The first-order chi connectivity index (χ1) is 14.1. The lowest BCUT2D eigenvalue weighted by Gasteiger charge is -2.33. The van der Waals surface area contributed by atoms with Crippen molar-refractivity contribution in [3.8, 4) is 0 Å². The summed E-state index contributed by atoms with van der Waals surface area (Å²) in [5.41, 5.74) is 2.64. The fourth-order valence-corrected chi connectivity index (χ4v) is 4.06. The molecule has 154 valence electrons. The van der Waals surface area contributed by atoms with Gasteiger partial charge in [0.15, 0.2) is 0 Å². The predicted molar refractivity (Wildman–Crippen MR) is 116 cm³/mol. The Morgan fingerprint density at radius 2 is 1.52 bits per heavy atom. The maximum atomic E-state index is 12.7. The summed E-state index contributed by atoms with van der Waals surface area (Å²) in [4.78, 5) is 28.4. The molecule has 2 amide bonds. The third kappa shape index (κ3) is 6.74. The zero-order valence-electron chi connectivity index (χ0n) is 17.4. The first kappa shape index (κ1) is 21.1. The number of carbonyl (C=O) groups is 2. The lowest BCUT2D eigenvalue weighted by atomic mass is 9.90. The van der Waals surface area contributed by atoms with E-state index in [-0.39, 0.29) is 18.4 Å². The number of hydrogen-bond donors (Lipinski definition) is 0. The molecular formula is C25H32N2O2. The lowest BCUT2D eigenvalue weighted by Crippen LogP contribution is -2.45. The zero-order chi connectivity index (χ0) is 20.5. The van der Waals surface area contributed by atoms with Crippen LogP contribution in [0.1, 0.15) is 37.3 Å². The first-order valence-electron chi connectivity index (χ1n) is 10.7. The van der Waals surface area contributed by atoms with Crippen LogP contribution < -0.4 is 0 Å². The molecule has 1 fully saturated rings. The van der Waals surface area contributed by atoms with Gasteiger partial charge in [-0.2, -0.15) is 0 Å². The van der Waals surface area contributed by atoms with Gasteiger partial charge in [0.1, 0.15) is 0 Å². The molecule has 0 aromatic heterocycles. The van der Waals surface area contributed by atoms with Crippen molar-refractivity contribution in [2.24, 2.45) is 5.92 Å². The molecule has 29 heavy (non-hydrogen) atoms. The van der Waals surface area contributed by atoms with Crippen LogP contribution in [0.4, 0.5) is 0 Å². The van der Waals surface area contributed by atoms with Gasteiger partial charge in [-0.15, -0.1) is 0 Å². The summed E-state index contributed by atoms with van der Waals surface area (Å²) in [6.07, 6.45) is 4.95. The highest BCUT2D eigenvalue weighted by atomic mass is 16.2. The Hall–Kier alpha value is -2.62. The van der Waals surface area contributed by atoms with E-state index in [1.54, 1.807) is 11.8 Å². The van der Waals surface area contributed by atoms with E-state index in [0.717, 1.165) is 45.2 Å². The summed E-state index contributed by atoms with van der Waals surface area (Å²) in [6, 6.07) is 20.8. The molecule has 1 aliphatic heterocycles. The minimum Gasteiger partial charge on any atom is -0.341 e. The number of rotatable bonds is 8. The second-order valence-corrected chi connectivity index (χ2v) is 8.04. The van der Waals surface area contributed by atoms with E-state index in [4.69, 9.17) is 0 Å². The monoisotopic (exact) mass is 392 g/mol. The Morgan fingerprint density at radius 1 is 0.931 bits per heavy atom. The predicted octanol–water partition coefficient (Wildman–Crippen LogP) is 3.95. The van der Waals surface area contributed by atoms with Gasteiger partial charge in [-0.25, -0.2) is 0 Å². The smallest absolute Gasteiger partial charge is 0.242 e. The molecule has 1 aliphatic rings. The lowest BCUT2D eigenvalue weighted by molar-refractivity contribution is -0.140. The van der Waals surface area contributed by atoms with Crippen molar-refractivity contribution in [2.75, 3.05) is 26.2 Å². The Morgan fingerprint density at radius 3 is 2.10 bits per heavy atom. The van der Waals surface area contributed by atoms with Gasteiger partial charge >= 0.3 is 0 Å². The average molecular weight is 393 g/mol. The van der Waals surface area contributed by atoms with Crippen LogP contribution in [0.25, 0.3) is 0 Å². The molecule has 3 rings (SSSR count). The standard InChI is InChI=1S/C25H32N2O2/c1-21(28)27(16-8-13-22-9-4-2-5-10-22)20-25(29)26-17-14-24(15-18-26)19-23-11-6-3-7-12-23/h2-7,9-12,24H,8,13-20H2,1H3. The number of benzene rings is 2. The van der Waals surface area contributed by atoms with Gasteiger partial charge in [0.25, 0.3) is 0 Å².